The van der Waals surface area contributed by atoms with Crippen molar-refractivity contribution in [1.82, 2.24) is 19.6 Å². The summed E-state index contributed by atoms with van der Waals surface area (Å²) in [6, 6.07) is 5.14. The highest BCUT2D eigenvalue weighted by atomic mass is 35.5. The lowest BCUT2D eigenvalue weighted by Gasteiger charge is -2.46. The molecule has 1 aromatic carbocycles. The molecule has 6 nitrogen and oxygen atoms in total. The summed E-state index contributed by atoms with van der Waals surface area (Å²) < 4.78 is 1.58. The molecule has 1 N–H and O–H groups in total. The number of hydrogen-bond donors (Lipinski definition) is 1. The number of carbonyl (C=O) groups is 1. The Bertz CT molecular complexity index is 806. The van der Waals surface area contributed by atoms with Crippen molar-refractivity contribution in [2.75, 3.05) is 32.8 Å². The van der Waals surface area contributed by atoms with Gasteiger partial charge in [-0.1, -0.05) is 23.2 Å². The molecular weight excluding hydrogens is 375 g/mol. The van der Waals surface area contributed by atoms with E-state index in [2.05, 4.69) is 23.8 Å². The van der Waals surface area contributed by atoms with E-state index in [0.29, 0.717) is 40.9 Å². The predicted octanol–water partition coefficient (Wildman–Crippen LogP) is 2.71. The van der Waals surface area contributed by atoms with Crippen molar-refractivity contribution in [2.24, 2.45) is 0 Å². The molecule has 2 aromatic rings. The summed E-state index contributed by atoms with van der Waals surface area (Å²) in [5.74, 6) is -0.0574. The van der Waals surface area contributed by atoms with Gasteiger partial charge in [0.15, 0.2) is 0 Å². The fraction of sp³-hybridized carbons (Fsp3) is 0.444. The molecule has 0 aliphatic carbocycles. The normalized spacial score (nSPS) is 17.5. The zero-order valence-electron chi connectivity index (χ0n) is 14.8. The first-order valence-electron chi connectivity index (χ1n) is 8.47. The molecular formula is C18H22Cl2N4O2. The number of aliphatic hydroxyl groups is 1. The van der Waals surface area contributed by atoms with Gasteiger partial charge >= 0.3 is 0 Å². The minimum Gasteiger partial charge on any atom is -0.395 e. The molecule has 0 radical (unpaired) electrons. The van der Waals surface area contributed by atoms with Crippen LogP contribution >= 0.6 is 23.2 Å². The number of benzene rings is 1. The molecule has 140 valence electrons. The lowest BCUT2D eigenvalue weighted by Crippen LogP contribution is -2.60. The Labute approximate surface area is 162 Å². The molecule has 0 bridgehead atoms. The third-order valence-corrected chi connectivity index (χ3v) is 5.25. The van der Waals surface area contributed by atoms with Crippen molar-refractivity contribution < 1.29 is 9.90 Å². The SMILES string of the molecule is CC1(C)CN(C(=O)c2cnn(-c3ccc(Cl)cc3Cl)c2)CCN1CCO. The molecule has 0 spiro atoms. The van der Waals surface area contributed by atoms with Gasteiger partial charge in [0.25, 0.3) is 5.91 Å². The number of nitrogens with zero attached hydrogens (tertiary/aromatic N) is 4. The van der Waals surface area contributed by atoms with Crippen LogP contribution in [0.1, 0.15) is 24.2 Å². The predicted molar refractivity (Wildman–Crippen MR) is 102 cm³/mol. The van der Waals surface area contributed by atoms with Crippen LogP contribution in [0.3, 0.4) is 0 Å². The van der Waals surface area contributed by atoms with Crippen molar-refractivity contribution in [3.05, 3.63) is 46.2 Å². The van der Waals surface area contributed by atoms with Crippen molar-refractivity contribution in [1.29, 1.82) is 0 Å². The van der Waals surface area contributed by atoms with Crippen molar-refractivity contribution in [2.45, 2.75) is 19.4 Å². The van der Waals surface area contributed by atoms with Crippen LogP contribution < -0.4 is 0 Å². The van der Waals surface area contributed by atoms with Gasteiger partial charge in [-0.2, -0.15) is 5.10 Å². The second-order valence-electron chi connectivity index (χ2n) is 7.02. The highest BCUT2D eigenvalue weighted by Crippen LogP contribution is 2.25. The molecule has 0 unspecified atom stereocenters. The third-order valence-electron chi connectivity index (χ3n) is 4.72. The van der Waals surface area contributed by atoms with E-state index >= 15 is 0 Å². The van der Waals surface area contributed by atoms with Gasteiger partial charge in [0.2, 0.25) is 0 Å². The largest absolute Gasteiger partial charge is 0.395 e. The van der Waals surface area contributed by atoms with Crippen LogP contribution in [0.25, 0.3) is 5.69 Å². The fourth-order valence-electron chi connectivity index (χ4n) is 3.31. The number of halogens is 2. The number of rotatable bonds is 4. The number of hydrogen-bond acceptors (Lipinski definition) is 4. The van der Waals surface area contributed by atoms with Crippen LogP contribution in [0.5, 0.6) is 0 Å². The number of amides is 1. The molecule has 26 heavy (non-hydrogen) atoms. The molecule has 1 fully saturated rings. The first-order chi connectivity index (χ1) is 12.3. The number of β-amino-alcohol motifs (C(OH)–C–C–N with tert-alkyl or cyclic N) is 1. The van der Waals surface area contributed by atoms with E-state index in [4.69, 9.17) is 23.2 Å². The van der Waals surface area contributed by atoms with Crippen molar-refractivity contribution in [3.8, 4) is 5.69 Å². The molecule has 1 aliphatic heterocycles. The van der Waals surface area contributed by atoms with Gasteiger partial charge in [-0.05, 0) is 32.0 Å². The number of carbonyl (C=O) groups excluding carboxylic acids is 1. The van der Waals surface area contributed by atoms with E-state index in [9.17, 15) is 9.90 Å². The minimum atomic E-state index is -0.188. The van der Waals surface area contributed by atoms with E-state index in [-0.39, 0.29) is 18.1 Å². The maximum absolute atomic E-state index is 12.9. The van der Waals surface area contributed by atoms with Crippen molar-refractivity contribution in [3.63, 3.8) is 0 Å². The topological polar surface area (TPSA) is 61.6 Å². The van der Waals surface area contributed by atoms with E-state index < -0.39 is 0 Å². The van der Waals surface area contributed by atoms with Gasteiger partial charge in [0.1, 0.15) is 0 Å². The summed E-state index contributed by atoms with van der Waals surface area (Å²) in [4.78, 5) is 16.9. The Kier molecular flexibility index (Phi) is 5.58. The average molecular weight is 397 g/mol. The first-order valence-corrected chi connectivity index (χ1v) is 9.23. The average Bonchev–Trinajstić information content (AvgIpc) is 3.05. The summed E-state index contributed by atoms with van der Waals surface area (Å²) in [5.41, 5.74) is 0.997. The van der Waals surface area contributed by atoms with Gasteiger partial charge < -0.3 is 10.0 Å². The summed E-state index contributed by atoms with van der Waals surface area (Å²) in [6.45, 7) is 6.84. The third kappa shape index (κ3) is 3.88. The smallest absolute Gasteiger partial charge is 0.257 e. The number of aromatic nitrogens is 2. The van der Waals surface area contributed by atoms with Gasteiger partial charge in [-0.25, -0.2) is 4.68 Å². The molecule has 3 rings (SSSR count). The van der Waals surface area contributed by atoms with Crippen molar-refractivity contribution >= 4 is 29.1 Å². The van der Waals surface area contributed by atoms with Crippen LogP contribution in [0.2, 0.25) is 10.0 Å². The Morgan fingerprint density at radius 1 is 1.31 bits per heavy atom. The molecule has 8 heteroatoms. The number of piperazine rings is 1. The van der Waals surface area contributed by atoms with Crippen LogP contribution in [0, 0.1) is 0 Å². The summed E-state index contributed by atoms with van der Waals surface area (Å²) in [6.07, 6.45) is 3.24. The molecule has 1 aliphatic rings. The Balaban J connectivity index is 1.76. The van der Waals surface area contributed by atoms with Gasteiger partial charge in [-0.15, -0.1) is 0 Å². The molecule has 1 aromatic heterocycles. The van der Waals surface area contributed by atoms with Gasteiger partial charge in [0.05, 0.1) is 29.1 Å². The number of aliphatic hydroxyl groups excluding tert-OH is 1. The van der Waals surface area contributed by atoms with E-state index in [0.717, 1.165) is 6.54 Å². The second-order valence-corrected chi connectivity index (χ2v) is 7.86. The molecule has 2 heterocycles. The highest BCUT2D eigenvalue weighted by Gasteiger charge is 2.35. The van der Waals surface area contributed by atoms with Crippen LogP contribution in [-0.2, 0) is 0 Å². The maximum atomic E-state index is 12.9. The monoisotopic (exact) mass is 396 g/mol. The molecule has 0 atom stereocenters. The van der Waals surface area contributed by atoms with Crippen LogP contribution in [0.15, 0.2) is 30.6 Å². The highest BCUT2D eigenvalue weighted by molar-refractivity contribution is 6.35. The standard InChI is InChI=1S/C18H22Cl2N4O2/c1-18(2)12-22(5-6-23(18)7-8-25)17(26)13-10-21-24(11-13)16-4-3-14(19)9-15(16)20/h3-4,9-11,25H,5-8,12H2,1-2H3. The summed E-state index contributed by atoms with van der Waals surface area (Å²) in [7, 11) is 0. The quantitative estimate of drug-likeness (QED) is 0.862. The summed E-state index contributed by atoms with van der Waals surface area (Å²) in [5, 5.41) is 14.5. The molecule has 0 saturated carbocycles. The second kappa shape index (κ2) is 7.56. The molecule has 1 amide bonds. The van der Waals surface area contributed by atoms with E-state index in [1.165, 1.54) is 0 Å². The molecule has 1 saturated heterocycles. The zero-order valence-corrected chi connectivity index (χ0v) is 16.3. The Morgan fingerprint density at radius 3 is 2.73 bits per heavy atom. The van der Waals surface area contributed by atoms with Gasteiger partial charge in [0, 0.05) is 42.9 Å². The van der Waals surface area contributed by atoms with Crippen LogP contribution in [0.4, 0.5) is 0 Å². The van der Waals surface area contributed by atoms with Gasteiger partial charge in [-0.3, -0.25) is 9.69 Å². The first kappa shape index (κ1) is 19.2. The van der Waals surface area contributed by atoms with E-state index in [1.807, 2.05) is 4.90 Å². The zero-order chi connectivity index (χ0) is 18.9. The lowest BCUT2D eigenvalue weighted by atomic mass is 9.98. The maximum Gasteiger partial charge on any atom is 0.257 e. The minimum absolute atomic E-state index is 0.0574. The summed E-state index contributed by atoms with van der Waals surface area (Å²) >= 11 is 12.1. The van der Waals surface area contributed by atoms with E-state index in [1.54, 1.807) is 35.3 Å². The Hall–Kier alpha value is -1.60. The lowest BCUT2D eigenvalue weighted by molar-refractivity contribution is 0.0107. The fourth-order valence-corrected chi connectivity index (χ4v) is 3.81. The van der Waals surface area contributed by atoms with Crippen LogP contribution in [-0.4, -0.2) is 68.9 Å². The Morgan fingerprint density at radius 2 is 2.08 bits per heavy atom.